The van der Waals surface area contributed by atoms with Gasteiger partial charge in [-0.3, -0.25) is 9.59 Å². The predicted molar refractivity (Wildman–Crippen MR) is 78.1 cm³/mol. The second kappa shape index (κ2) is 6.07. The molecule has 1 aromatic carbocycles. The predicted octanol–water partition coefficient (Wildman–Crippen LogP) is 2.04. The molecular formula is C16H22N2O2. The third-order valence-corrected chi connectivity index (χ3v) is 3.97. The van der Waals surface area contributed by atoms with Gasteiger partial charge < -0.3 is 10.2 Å². The molecule has 2 amide bonds. The van der Waals surface area contributed by atoms with E-state index in [0.29, 0.717) is 19.5 Å². The summed E-state index contributed by atoms with van der Waals surface area (Å²) in [5.74, 6) is -0.245. The van der Waals surface area contributed by atoms with E-state index in [1.165, 1.54) is 0 Å². The molecule has 0 radical (unpaired) electrons. The van der Waals surface area contributed by atoms with Crippen molar-refractivity contribution in [3.8, 4) is 0 Å². The second-order valence-electron chi connectivity index (χ2n) is 5.19. The molecule has 1 saturated heterocycles. The van der Waals surface area contributed by atoms with E-state index in [9.17, 15) is 9.59 Å². The molecule has 0 unspecified atom stereocenters. The number of hydrogen-bond donors (Lipinski definition) is 1. The van der Waals surface area contributed by atoms with E-state index in [2.05, 4.69) is 5.32 Å². The fourth-order valence-electron chi connectivity index (χ4n) is 3.01. The molecule has 1 aliphatic rings. The lowest BCUT2D eigenvalue weighted by Crippen LogP contribution is -2.35. The first kappa shape index (κ1) is 14.6. The summed E-state index contributed by atoms with van der Waals surface area (Å²) in [5, 5.41) is 2.85. The molecular weight excluding hydrogens is 252 g/mol. The molecule has 4 heteroatoms. The number of hydrogen-bond acceptors (Lipinski definition) is 2. The Morgan fingerprint density at radius 2 is 2.05 bits per heavy atom. The van der Waals surface area contributed by atoms with Gasteiger partial charge in [0.05, 0.1) is 12.0 Å². The third kappa shape index (κ3) is 2.55. The minimum absolute atomic E-state index is 0.0231. The van der Waals surface area contributed by atoms with Crippen molar-refractivity contribution < 1.29 is 9.59 Å². The molecule has 1 aromatic rings. The van der Waals surface area contributed by atoms with Crippen molar-refractivity contribution in [2.75, 3.05) is 13.1 Å². The molecule has 1 fully saturated rings. The Kier molecular flexibility index (Phi) is 4.42. The molecule has 108 valence electrons. The van der Waals surface area contributed by atoms with E-state index >= 15 is 0 Å². The van der Waals surface area contributed by atoms with Crippen LogP contribution in [-0.2, 0) is 9.59 Å². The smallest absolute Gasteiger partial charge is 0.226 e. The molecule has 0 aromatic heterocycles. The minimum Gasteiger partial charge on any atom is -0.356 e. The molecule has 0 bridgehead atoms. The van der Waals surface area contributed by atoms with Crippen molar-refractivity contribution in [1.29, 1.82) is 0 Å². The molecule has 2 atom stereocenters. The lowest BCUT2D eigenvalue weighted by atomic mass is 9.90. The Hall–Kier alpha value is -1.84. The van der Waals surface area contributed by atoms with Crippen LogP contribution in [0.2, 0.25) is 0 Å². The summed E-state index contributed by atoms with van der Waals surface area (Å²) in [7, 11) is 0. The molecule has 4 nitrogen and oxygen atoms in total. The van der Waals surface area contributed by atoms with E-state index in [1.54, 1.807) is 0 Å². The maximum absolute atomic E-state index is 12.3. The van der Waals surface area contributed by atoms with Gasteiger partial charge in [0, 0.05) is 19.5 Å². The highest BCUT2D eigenvalue weighted by Crippen LogP contribution is 2.39. The van der Waals surface area contributed by atoms with Crippen LogP contribution >= 0.6 is 0 Å². The Balaban J connectivity index is 2.40. The SMILES string of the molecule is CCNC(=O)[C@@H]1CC(=O)N(CC)[C@H]1c1ccccc1C. The lowest BCUT2D eigenvalue weighted by Gasteiger charge is -2.28. The lowest BCUT2D eigenvalue weighted by molar-refractivity contribution is -0.129. The molecule has 0 spiro atoms. The van der Waals surface area contributed by atoms with Crippen LogP contribution in [0.4, 0.5) is 0 Å². The first-order valence-corrected chi connectivity index (χ1v) is 7.22. The van der Waals surface area contributed by atoms with Gasteiger partial charge in [-0.05, 0) is 31.9 Å². The number of nitrogens with one attached hydrogen (secondary N) is 1. The molecule has 1 aliphatic heterocycles. The van der Waals surface area contributed by atoms with Gasteiger partial charge >= 0.3 is 0 Å². The summed E-state index contributed by atoms with van der Waals surface area (Å²) < 4.78 is 0. The maximum Gasteiger partial charge on any atom is 0.226 e. The van der Waals surface area contributed by atoms with Gasteiger partial charge in [-0.15, -0.1) is 0 Å². The maximum atomic E-state index is 12.3. The number of carbonyl (C=O) groups is 2. The molecule has 2 rings (SSSR count). The van der Waals surface area contributed by atoms with Gasteiger partial charge in [0.15, 0.2) is 0 Å². The summed E-state index contributed by atoms with van der Waals surface area (Å²) in [6.45, 7) is 7.11. The van der Waals surface area contributed by atoms with Crippen LogP contribution in [-0.4, -0.2) is 29.8 Å². The largest absolute Gasteiger partial charge is 0.356 e. The normalized spacial score (nSPS) is 22.1. The van der Waals surface area contributed by atoms with Crippen LogP contribution in [0, 0.1) is 12.8 Å². The molecule has 0 aliphatic carbocycles. The van der Waals surface area contributed by atoms with Gasteiger partial charge in [-0.1, -0.05) is 24.3 Å². The van der Waals surface area contributed by atoms with E-state index in [1.807, 2.05) is 49.9 Å². The Morgan fingerprint density at radius 1 is 1.35 bits per heavy atom. The van der Waals surface area contributed by atoms with Crippen LogP contribution in [0.1, 0.15) is 37.4 Å². The third-order valence-electron chi connectivity index (χ3n) is 3.97. The Morgan fingerprint density at radius 3 is 2.65 bits per heavy atom. The van der Waals surface area contributed by atoms with Gasteiger partial charge in [-0.2, -0.15) is 0 Å². The number of aryl methyl sites for hydroxylation is 1. The standard InChI is InChI=1S/C16H22N2O2/c1-4-17-16(20)13-10-14(19)18(5-2)15(13)12-9-7-6-8-11(12)3/h6-9,13,15H,4-5,10H2,1-3H3,(H,17,20)/t13-,15+/m1/s1. The van der Waals surface area contributed by atoms with Crippen LogP contribution < -0.4 is 5.32 Å². The second-order valence-corrected chi connectivity index (χ2v) is 5.19. The highest BCUT2D eigenvalue weighted by atomic mass is 16.2. The van der Waals surface area contributed by atoms with Crippen LogP contribution in [0.3, 0.4) is 0 Å². The highest BCUT2D eigenvalue weighted by molar-refractivity contribution is 5.90. The summed E-state index contributed by atoms with van der Waals surface area (Å²) in [6.07, 6.45) is 0.304. The van der Waals surface area contributed by atoms with Gasteiger partial charge in [-0.25, -0.2) is 0 Å². The molecule has 0 saturated carbocycles. The highest BCUT2D eigenvalue weighted by Gasteiger charge is 2.43. The number of amides is 2. The van der Waals surface area contributed by atoms with Crippen molar-refractivity contribution in [2.24, 2.45) is 5.92 Å². The van der Waals surface area contributed by atoms with Crippen LogP contribution in [0.15, 0.2) is 24.3 Å². The van der Waals surface area contributed by atoms with E-state index in [0.717, 1.165) is 11.1 Å². The zero-order chi connectivity index (χ0) is 14.7. The van der Waals surface area contributed by atoms with E-state index in [4.69, 9.17) is 0 Å². The first-order chi connectivity index (χ1) is 9.60. The number of nitrogens with zero attached hydrogens (tertiary/aromatic N) is 1. The van der Waals surface area contributed by atoms with E-state index < -0.39 is 0 Å². The zero-order valence-electron chi connectivity index (χ0n) is 12.3. The average Bonchev–Trinajstić information content (AvgIpc) is 2.76. The quantitative estimate of drug-likeness (QED) is 0.913. The van der Waals surface area contributed by atoms with Crippen molar-refractivity contribution in [3.63, 3.8) is 0 Å². The van der Waals surface area contributed by atoms with Gasteiger partial charge in [0.2, 0.25) is 11.8 Å². The monoisotopic (exact) mass is 274 g/mol. The summed E-state index contributed by atoms with van der Waals surface area (Å²) in [5.41, 5.74) is 2.21. The summed E-state index contributed by atoms with van der Waals surface area (Å²) in [4.78, 5) is 26.2. The van der Waals surface area contributed by atoms with Crippen molar-refractivity contribution in [2.45, 2.75) is 33.2 Å². The first-order valence-electron chi connectivity index (χ1n) is 7.22. The Bertz CT molecular complexity index is 513. The Labute approximate surface area is 120 Å². The molecule has 1 N–H and O–H groups in total. The van der Waals surface area contributed by atoms with Gasteiger partial charge in [0.25, 0.3) is 0 Å². The van der Waals surface area contributed by atoms with Crippen molar-refractivity contribution in [1.82, 2.24) is 10.2 Å². The number of carbonyl (C=O) groups excluding carboxylic acids is 2. The number of rotatable bonds is 4. The fraction of sp³-hybridized carbons (Fsp3) is 0.500. The topological polar surface area (TPSA) is 49.4 Å². The fourth-order valence-corrected chi connectivity index (χ4v) is 3.01. The minimum atomic E-state index is -0.288. The summed E-state index contributed by atoms with van der Waals surface area (Å²) in [6, 6.07) is 7.86. The average molecular weight is 274 g/mol. The van der Waals surface area contributed by atoms with Crippen molar-refractivity contribution in [3.05, 3.63) is 35.4 Å². The number of benzene rings is 1. The number of likely N-dealkylation sites (tertiary alicyclic amines) is 1. The zero-order valence-corrected chi connectivity index (χ0v) is 12.3. The summed E-state index contributed by atoms with van der Waals surface area (Å²) >= 11 is 0. The van der Waals surface area contributed by atoms with Crippen molar-refractivity contribution >= 4 is 11.8 Å². The van der Waals surface area contributed by atoms with Crippen LogP contribution in [0.25, 0.3) is 0 Å². The van der Waals surface area contributed by atoms with Gasteiger partial charge in [0.1, 0.15) is 0 Å². The van der Waals surface area contributed by atoms with E-state index in [-0.39, 0.29) is 23.8 Å². The molecule has 20 heavy (non-hydrogen) atoms. The van der Waals surface area contributed by atoms with Crippen LogP contribution in [0.5, 0.6) is 0 Å². The molecule has 1 heterocycles.